The number of ether oxygens (including phenoxy) is 1. The molecule has 2 heterocycles. The maximum absolute atomic E-state index is 13.0. The third-order valence-corrected chi connectivity index (χ3v) is 10.9. The molecule has 0 radical (unpaired) electrons. The van der Waals surface area contributed by atoms with E-state index >= 15 is 0 Å². The number of benzene rings is 1. The van der Waals surface area contributed by atoms with Crippen LogP contribution >= 0.6 is 0 Å². The molecule has 1 saturated heterocycles. The van der Waals surface area contributed by atoms with Gasteiger partial charge in [0, 0.05) is 26.0 Å². The fourth-order valence-electron chi connectivity index (χ4n) is 3.43. The van der Waals surface area contributed by atoms with E-state index in [4.69, 9.17) is 9.16 Å². The van der Waals surface area contributed by atoms with E-state index in [-0.39, 0.29) is 29.9 Å². The summed E-state index contributed by atoms with van der Waals surface area (Å²) in [6.45, 7) is 12.0. The Morgan fingerprint density at radius 2 is 1.97 bits per heavy atom. The molecule has 168 valence electrons. The summed E-state index contributed by atoms with van der Waals surface area (Å²) in [7, 11) is 0.0155. The summed E-state index contributed by atoms with van der Waals surface area (Å²) in [5.74, 6) is 0.853. The summed E-state index contributed by atoms with van der Waals surface area (Å²) in [5.41, 5.74) is 0.976. The first kappa shape index (κ1) is 23.3. The Balaban J connectivity index is 1.73. The Labute approximate surface area is 187 Å². The lowest BCUT2D eigenvalue weighted by molar-refractivity contribution is 0.0927. The van der Waals surface area contributed by atoms with Crippen molar-refractivity contribution in [1.82, 2.24) is 14.5 Å². The standard InChI is InChI=1S/C24H35N3O3Si/c1-24(2,3)31(5,6)30-21-16-20(12-13-22-25-14-15-26(22)4)27(17-21)23(28)29-18-19-10-8-7-9-11-19/h7-15,20-21H,16-18H2,1-6H3/t20-,21-/m1/s1. The smallest absolute Gasteiger partial charge is 0.410 e. The van der Waals surface area contributed by atoms with Crippen molar-refractivity contribution >= 4 is 20.5 Å². The van der Waals surface area contributed by atoms with Crippen LogP contribution in [0.2, 0.25) is 18.1 Å². The van der Waals surface area contributed by atoms with E-state index in [1.807, 2.05) is 60.3 Å². The van der Waals surface area contributed by atoms with E-state index in [0.29, 0.717) is 6.54 Å². The number of aryl methyl sites for hydroxylation is 1. The van der Waals surface area contributed by atoms with Gasteiger partial charge in [0.25, 0.3) is 0 Å². The fraction of sp³-hybridized carbons (Fsp3) is 0.500. The Kier molecular flexibility index (Phi) is 7.06. The molecule has 1 aliphatic heterocycles. The van der Waals surface area contributed by atoms with Gasteiger partial charge < -0.3 is 13.7 Å². The van der Waals surface area contributed by atoms with Crippen LogP contribution in [0.4, 0.5) is 4.79 Å². The van der Waals surface area contributed by atoms with E-state index in [0.717, 1.165) is 17.8 Å². The molecule has 0 aliphatic carbocycles. The Morgan fingerprint density at radius 1 is 1.26 bits per heavy atom. The van der Waals surface area contributed by atoms with Crippen LogP contribution in [0.5, 0.6) is 0 Å². The number of nitrogens with zero attached hydrogens (tertiary/aromatic N) is 3. The molecule has 1 amide bonds. The van der Waals surface area contributed by atoms with Crippen molar-refractivity contribution in [1.29, 1.82) is 0 Å². The van der Waals surface area contributed by atoms with Crippen molar-refractivity contribution in [3.63, 3.8) is 0 Å². The van der Waals surface area contributed by atoms with Gasteiger partial charge in [0.15, 0.2) is 8.32 Å². The molecule has 3 rings (SSSR count). The van der Waals surface area contributed by atoms with Crippen molar-refractivity contribution in [3.05, 3.63) is 60.2 Å². The second kappa shape index (κ2) is 9.40. The van der Waals surface area contributed by atoms with Crippen molar-refractivity contribution in [2.24, 2.45) is 7.05 Å². The predicted molar refractivity (Wildman–Crippen MR) is 126 cm³/mol. The highest BCUT2D eigenvalue weighted by Gasteiger charge is 2.43. The maximum Gasteiger partial charge on any atom is 0.410 e. The van der Waals surface area contributed by atoms with Crippen LogP contribution in [-0.4, -0.2) is 47.6 Å². The zero-order chi connectivity index (χ0) is 22.6. The Morgan fingerprint density at radius 3 is 2.58 bits per heavy atom. The molecular formula is C24H35N3O3Si. The third kappa shape index (κ3) is 5.86. The molecule has 31 heavy (non-hydrogen) atoms. The van der Waals surface area contributed by atoms with Crippen LogP contribution in [0, 0.1) is 0 Å². The number of imidazole rings is 1. The first-order valence-electron chi connectivity index (χ1n) is 10.9. The number of carbonyl (C=O) groups excluding carboxylic acids is 1. The number of amides is 1. The van der Waals surface area contributed by atoms with Gasteiger partial charge >= 0.3 is 6.09 Å². The average molecular weight is 442 g/mol. The first-order chi connectivity index (χ1) is 14.6. The molecule has 0 N–H and O–H groups in total. The van der Waals surface area contributed by atoms with Gasteiger partial charge in [0.2, 0.25) is 0 Å². The van der Waals surface area contributed by atoms with Crippen molar-refractivity contribution < 1.29 is 14.0 Å². The van der Waals surface area contributed by atoms with Crippen LogP contribution in [0.25, 0.3) is 6.08 Å². The van der Waals surface area contributed by atoms with Gasteiger partial charge in [-0.2, -0.15) is 0 Å². The number of hydrogen-bond donors (Lipinski definition) is 0. The molecular weight excluding hydrogens is 406 g/mol. The summed E-state index contributed by atoms with van der Waals surface area (Å²) < 4.78 is 14.2. The van der Waals surface area contributed by atoms with Crippen LogP contribution in [0.15, 0.2) is 48.8 Å². The molecule has 1 aliphatic rings. The highest BCUT2D eigenvalue weighted by Crippen LogP contribution is 2.39. The van der Waals surface area contributed by atoms with E-state index in [9.17, 15) is 4.79 Å². The van der Waals surface area contributed by atoms with E-state index in [2.05, 4.69) is 38.8 Å². The van der Waals surface area contributed by atoms with Crippen LogP contribution < -0.4 is 0 Å². The van der Waals surface area contributed by atoms with Gasteiger partial charge in [-0.15, -0.1) is 0 Å². The minimum atomic E-state index is -1.94. The molecule has 2 aromatic rings. The van der Waals surface area contributed by atoms with E-state index in [1.54, 1.807) is 11.1 Å². The summed E-state index contributed by atoms with van der Waals surface area (Å²) in [6.07, 6.45) is 8.14. The molecule has 7 heteroatoms. The predicted octanol–water partition coefficient (Wildman–Crippen LogP) is 5.23. The van der Waals surface area contributed by atoms with Gasteiger partial charge in [-0.05, 0) is 36.2 Å². The monoisotopic (exact) mass is 441 g/mol. The third-order valence-electron chi connectivity index (χ3n) is 6.34. The minimum absolute atomic E-state index is 0.00110. The molecule has 6 nitrogen and oxygen atoms in total. The van der Waals surface area contributed by atoms with E-state index in [1.165, 1.54) is 0 Å². The lowest BCUT2D eigenvalue weighted by Crippen LogP contribution is -2.44. The molecule has 0 spiro atoms. The second-order valence-corrected chi connectivity index (χ2v) is 14.5. The maximum atomic E-state index is 13.0. The average Bonchev–Trinajstić information content (AvgIpc) is 3.29. The quantitative estimate of drug-likeness (QED) is 0.576. The van der Waals surface area contributed by atoms with Crippen LogP contribution in [-0.2, 0) is 22.8 Å². The number of aromatic nitrogens is 2. The Bertz CT molecular complexity index is 902. The topological polar surface area (TPSA) is 56.6 Å². The van der Waals surface area contributed by atoms with Crippen molar-refractivity contribution in [3.8, 4) is 0 Å². The molecule has 1 aromatic heterocycles. The zero-order valence-corrected chi connectivity index (χ0v) is 20.5. The zero-order valence-electron chi connectivity index (χ0n) is 19.5. The molecule has 0 bridgehead atoms. The van der Waals surface area contributed by atoms with Crippen molar-refractivity contribution in [2.75, 3.05) is 6.54 Å². The van der Waals surface area contributed by atoms with Crippen molar-refractivity contribution in [2.45, 2.75) is 64.1 Å². The second-order valence-electron chi connectivity index (χ2n) is 9.75. The normalized spacial score (nSPS) is 19.9. The van der Waals surface area contributed by atoms with Gasteiger partial charge in [-0.25, -0.2) is 9.78 Å². The van der Waals surface area contributed by atoms with Gasteiger partial charge in [0.1, 0.15) is 12.4 Å². The lowest BCUT2D eigenvalue weighted by Gasteiger charge is -2.38. The molecule has 0 unspecified atom stereocenters. The summed E-state index contributed by atoms with van der Waals surface area (Å²) in [6, 6.07) is 9.67. The number of carbonyl (C=O) groups is 1. The van der Waals surface area contributed by atoms with Crippen LogP contribution in [0.1, 0.15) is 38.6 Å². The molecule has 1 aromatic carbocycles. The SMILES string of the molecule is Cn1ccnc1C=C[C@@H]1C[C@@H](O[Si](C)(C)C(C)(C)C)CN1C(=O)OCc1ccccc1. The van der Waals surface area contributed by atoms with Gasteiger partial charge in [-0.1, -0.05) is 57.2 Å². The highest BCUT2D eigenvalue weighted by molar-refractivity contribution is 6.74. The van der Waals surface area contributed by atoms with Gasteiger partial charge in [0.05, 0.1) is 12.1 Å². The lowest BCUT2D eigenvalue weighted by atomic mass is 10.2. The summed E-state index contributed by atoms with van der Waals surface area (Å²) >= 11 is 0. The molecule has 0 saturated carbocycles. The largest absolute Gasteiger partial charge is 0.445 e. The Hall–Kier alpha value is -2.38. The summed E-state index contributed by atoms with van der Waals surface area (Å²) in [5, 5.41) is 0.118. The molecule has 1 fully saturated rings. The highest BCUT2D eigenvalue weighted by atomic mass is 28.4. The van der Waals surface area contributed by atoms with E-state index < -0.39 is 8.32 Å². The number of likely N-dealkylation sites (tertiary alicyclic amines) is 1. The van der Waals surface area contributed by atoms with Gasteiger partial charge in [-0.3, -0.25) is 4.90 Å². The minimum Gasteiger partial charge on any atom is -0.445 e. The fourth-order valence-corrected chi connectivity index (χ4v) is 4.79. The number of rotatable bonds is 6. The first-order valence-corrected chi connectivity index (χ1v) is 13.8. The number of hydrogen-bond acceptors (Lipinski definition) is 4. The summed E-state index contributed by atoms with van der Waals surface area (Å²) in [4.78, 5) is 19.1. The molecule has 2 atom stereocenters. The van der Waals surface area contributed by atoms with Crippen LogP contribution in [0.3, 0.4) is 0 Å².